The molecular weight excluding hydrogens is 300 g/mol. The largest absolute Gasteiger partial charge is 0.0991 e. The molecule has 0 fully saturated rings. The van der Waals surface area contributed by atoms with Crippen LogP contribution in [0.4, 0.5) is 0 Å². The van der Waals surface area contributed by atoms with E-state index in [1.807, 2.05) is 24.3 Å². The van der Waals surface area contributed by atoms with Crippen LogP contribution in [0.5, 0.6) is 0 Å². The van der Waals surface area contributed by atoms with E-state index in [-0.39, 0.29) is 5.41 Å². The van der Waals surface area contributed by atoms with Crippen molar-refractivity contribution in [2.45, 2.75) is 67.7 Å². The van der Waals surface area contributed by atoms with Crippen molar-refractivity contribution >= 4 is 0 Å². The van der Waals surface area contributed by atoms with E-state index in [1.54, 1.807) is 0 Å². The van der Waals surface area contributed by atoms with E-state index >= 15 is 0 Å². The van der Waals surface area contributed by atoms with Crippen molar-refractivity contribution in [3.63, 3.8) is 0 Å². The molecule has 0 aliphatic rings. The smallest absolute Gasteiger partial charge is 0.0198 e. The molecule has 0 saturated carbocycles. The fourth-order valence-electron chi connectivity index (χ4n) is 3.02. The van der Waals surface area contributed by atoms with E-state index < -0.39 is 0 Å². The summed E-state index contributed by atoms with van der Waals surface area (Å²) in [6, 6.07) is 0. The molecule has 0 aliphatic carbocycles. The summed E-state index contributed by atoms with van der Waals surface area (Å²) in [4.78, 5) is 0. The lowest BCUT2D eigenvalue weighted by Crippen LogP contribution is -2.10. The molecule has 0 radical (unpaired) electrons. The number of allylic oxidation sites excluding steroid dienone is 11. The molecule has 0 unspecified atom stereocenters. The zero-order chi connectivity index (χ0) is 19.6. The van der Waals surface area contributed by atoms with Gasteiger partial charge in [0.25, 0.3) is 0 Å². The highest BCUT2D eigenvalue weighted by Crippen LogP contribution is 2.36. The van der Waals surface area contributed by atoms with E-state index in [0.717, 1.165) is 19.3 Å². The highest BCUT2D eigenvalue weighted by atomic mass is 14.2. The van der Waals surface area contributed by atoms with Gasteiger partial charge in [0, 0.05) is 0 Å². The van der Waals surface area contributed by atoms with Crippen LogP contribution in [-0.2, 0) is 0 Å². The molecule has 0 aromatic heterocycles. The van der Waals surface area contributed by atoms with E-state index in [1.165, 1.54) is 33.4 Å². The van der Waals surface area contributed by atoms with Crippen molar-refractivity contribution in [1.29, 1.82) is 0 Å². The van der Waals surface area contributed by atoms with Gasteiger partial charge in [-0.15, -0.1) is 0 Å². The lowest BCUT2D eigenvalue weighted by atomic mass is 9.80. The van der Waals surface area contributed by atoms with E-state index in [9.17, 15) is 0 Å². The minimum Gasteiger partial charge on any atom is -0.0991 e. The van der Waals surface area contributed by atoms with Gasteiger partial charge < -0.3 is 0 Å². The van der Waals surface area contributed by atoms with Gasteiger partial charge in [0.1, 0.15) is 0 Å². The maximum atomic E-state index is 4.08. The topological polar surface area (TPSA) is 0 Å². The molecule has 0 bridgehead atoms. The molecule has 0 spiro atoms. The predicted octanol–water partition coefficient (Wildman–Crippen LogP) is 8.29. The highest BCUT2D eigenvalue weighted by Gasteiger charge is 2.19. The summed E-state index contributed by atoms with van der Waals surface area (Å²) in [6.07, 6.45) is 13.2. The van der Waals surface area contributed by atoms with Gasteiger partial charge in [-0.05, 0) is 66.9 Å². The second kappa shape index (κ2) is 10.9. The van der Waals surface area contributed by atoms with Crippen molar-refractivity contribution < 1.29 is 0 Å². The zero-order valence-electron chi connectivity index (χ0n) is 17.6. The minimum absolute atomic E-state index is 0.193. The summed E-state index contributed by atoms with van der Waals surface area (Å²) in [6.45, 7) is 27.5. The fourth-order valence-corrected chi connectivity index (χ4v) is 3.02. The zero-order valence-corrected chi connectivity index (χ0v) is 17.6. The van der Waals surface area contributed by atoms with E-state index in [0.29, 0.717) is 0 Å². The lowest BCUT2D eigenvalue weighted by Gasteiger charge is -2.25. The van der Waals surface area contributed by atoms with Crippen LogP contribution >= 0.6 is 0 Å². The quantitative estimate of drug-likeness (QED) is 0.371. The molecule has 0 aliphatic heterocycles. The first kappa shape index (κ1) is 23.2. The number of hydrogen-bond donors (Lipinski definition) is 0. The van der Waals surface area contributed by atoms with Crippen LogP contribution in [0.2, 0.25) is 0 Å². The molecule has 0 nitrogen and oxygen atoms in total. The van der Waals surface area contributed by atoms with Gasteiger partial charge in [-0.1, -0.05) is 89.8 Å². The Bertz CT molecular complexity index is 607. The molecule has 0 atom stereocenters. The molecule has 25 heavy (non-hydrogen) atoms. The maximum absolute atomic E-state index is 4.08. The summed E-state index contributed by atoms with van der Waals surface area (Å²) in [5, 5.41) is 0. The van der Waals surface area contributed by atoms with Crippen LogP contribution in [0.15, 0.2) is 83.6 Å². The Morgan fingerprint density at radius 3 is 1.92 bits per heavy atom. The Morgan fingerprint density at radius 2 is 1.52 bits per heavy atom. The van der Waals surface area contributed by atoms with Gasteiger partial charge in [-0.25, -0.2) is 0 Å². The average molecular weight is 339 g/mol. The van der Waals surface area contributed by atoms with Crippen molar-refractivity contribution in [3.8, 4) is 0 Å². The summed E-state index contributed by atoms with van der Waals surface area (Å²) in [5.41, 5.74) is 8.00. The SMILES string of the molecule is C=C\C=C/C(=C(\C)CCC)C(/C)=C(CC(C)(C)C)/C(C=C)=C(\C)C=C. The molecule has 0 amide bonds. The number of rotatable bonds is 9. The second-order valence-corrected chi connectivity index (χ2v) is 7.88. The Labute approximate surface area is 157 Å². The summed E-state index contributed by atoms with van der Waals surface area (Å²) >= 11 is 0. The lowest BCUT2D eigenvalue weighted by molar-refractivity contribution is 0.411. The average Bonchev–Trinajstić information content (AvgIpc) is 2.53. The van der Waals surface area contributed by atoms with Crippen molar-refractivity contribution in [1.82, 2.24) is 0 Å². The van der Waals surface area contributed by atoms with Crippen LogP contribution < -0.4 is 0 Å². The number of hydrogen-bond acceptors (Lipinski definition) is 0. The van der Waals surface area contributed by atoms with Gasteiger partial charge in [0.05, 0.1) is 0 Å². The maximum Gasteiger partial charge on any atom is -0.0198 e. The van der Waals surface area contributed by atoms with Crippen LogP contribution in [0, 0.1) is 5.41 Å². The normalized spacial score (nSPS) is 15.3. The summed E-state index contributed by atoms with van der Waals surface area (Å²) < 4.78 is 0. The van der Waals surface area contributed by atoms with Crippen molar-refractivity contribution in [2.75, 3.05) is 0 Å². The molecule has 0 N–H and O–H groups in total. The monoisotopic (exact) mass is 338 g/mol. The molecule has 0 rings (SSSR count). The van der Waals surface area contributed by atoms with Gasteiger partial charge in [0.15, 0.2) is 0 Å². The van der Waals surface area contributed by atoms with Crippen LogP contribution in [0.1, 0.15) is 67.7 Å². The molecular formula is C25H38. The fraction of sp³-hybridized carbons (Fsp3) is 0.440. The van der Waals surface area contributed by atoms with E-state index in [4.69, 9.17) is 0 Å². The third-order valence-corrected chi connectivity index (χ3v) is 4.31. The van der Waals surface area contributed by atoms with Crippen LogP contribution in [0.25, 0.3) is 0 Å². The van der Waals surface area contributed by atoms with Crippen LogP contribution in [-0.4, -0.2) is 0 Å². The first-order chi connectivity index (χ1) is 11.6. The van der Waals surface area contributed by atoms with Crippen molar-refractivity contribution in [3.05, 3.63) is 83.6 Å². The Morgan fingerprint density at radius 1 is 0.920 bits per heavy atom. The second-order valence-electron chi connectivity index (χ2n) is 7.88. The third-order valence-electron chi connectivity index (χ3n) is 4.31. The Balaban J connectivity index is 6.72. The van der Waals surface area contributed by atoms with Crippen molar-refractivity contribution in [2.24, 2.45) is 5.41 Å². The Kier molecular flexibility index (Phi) is 10.1. The van der Waals surface area contributed by atoms with Crippen LogP contribution in [0.3, 0.4) is 0 Å². The van der Waals surface area contributed by atoms with E-state index in [2.05, 4.69) is 74.3 Å². The Hall–Kier alpha value is -1.82. The van der Waals surface area contributed by atoms with Gasteiger partial charge in [0.2, 0.25) is 0 Å². The summed E-state index contributed by atoms with van der Waals surface area (Å²) in [7, 11) is 0. The highest BCUT2D eigenvalue weighted by molar-refractivity contribution is 5.55. The van der Waals surface area contributed by atoms with Gasteiger partial charge in [-0.3, -0.25) is 0 Å². The molecule has 0 aromatic carbocycles. The molecule has 0 heterocycles. The minimum atomic E-state index is 0.193. The third kappa shape index (κ3) is 7.73. The standard InChI is InChI=1S/C25H38/c1-11-15-17-23(20(6)16-12-2)21(7)24(18-25(8,9)10)22(14-4)19(5)13-3/h11,13-15,17H,1,3-4,12,16,18H2,2,5-10H3/b17-15-,22-19+,23-20-,24-21+. The first-order valence-corrected chi connectivity index (χ1v) is 9.28. The predicted molar refractivity (Wildman–Crippen MR) is 117 cm³/mol. The van der Waals surface area contributed by atoms with Gasteiger partial charge >= 0.3 is 0 Å². The first-order valence-electron chi connectivity index (χ1n) is 9.28. The molecule has 138 valence electrons. The molecule has 0 heteroatoms. The summed E-state index contributed by atoms with van der Waals surface area (Å²) in [5.74, 6) is 0. The molecule has 0 aromatic rings. The van der Waals surface area contributed by atoms with Gasteiger partial charge in [-0.2, -0.15) is 0 Å². The molecule has 0 saturated heterocycles.